The Morgan fingerprint density at radius 1 is 1.19 bits per heavy atom. The Kier molecular flexibility index (Phi) is 3.94. The predicted molar refractivity (Wildman–Crippen MR) is 101 cm³/mol. The lowest BCUT2D eigenvalue weighted by molar-refractivity contribution is -0.384. The van der Waals surface area contributed by atoms with E-state index in [1.807, 2.05) is 36.4 Å². The molecule has 1 aliphatic rings. The third-order valence-corrected chi connectivity index (χ3v) is 4.93. The van der Waals surface area contributed by atoms with Crippen molar-refractivity contribution in [3.8, 4) is 11.8 Å². The zero-order valence-corrected chi connectivity index (χ0v) is 14.6. The molecule has 0 spiro atoms. The van der Waals surface area contributed by atoms with Crippen LogP contribution < -0.4 is 10.5 Å². The fraction of sp³-hybridized carbons (Fsp3) is 0.0500. The monoisotopic (exact) mass is 377 g/mol. The van der Waals surface area contributed by atoms with Crippen LogP contribution in [0.2, 0.25) is 5.02 Å². The molecule has 1 atom stereocenters. The van der Waals surface area contributed by atoms with Gasteiger partial charge in [0.15, 0.2) is 0 Å². The lowest BCUT2D eigenvalue weighted by atomic mass is 9.82. The van der Waals surface area contributed by atoms with E-state index in [1.165, 1.54) is 12.1 Å². The van der Waals surface area contributed by atoms with E-state index in [0.717, 1.165) is 16.3 Å². The molecule has 0 saturated carbocycles. The average Bonchev–Trinajstić information content (AvgIpc) is 2.67. The molecule has 6 nitrogen and oxygen atoms in total. The lowest BCUT2D eigenvalue weighted by Gasteiger charge is -2.27. The number of rotatable bonds is 2. The van der Waals surface area contributed by atoms with Crippen LogP contribution in [0, 0.1) is 21.4 Å². The van der Waals surface area contributed by atoms with E-state index in [9.17, 15) is 15.4 Å². The van der Waals surface area contributed by atoms with Crippen molar-refractivity contribution in [2.24, 2.45) is 5.73 Å². The Labute approximate surface area is 159 Å². The van der Waals surface area contributed by atoms with Gasteiger partial charge in [0.05, 0.1) is 10.8 Å². The summed E-state index contributed by atoms with van der Waals surface area (Å²) in [5.74, 6) is -0.0459. The Balaban J connectivity index is 2.00. The van der Waals surface area contributed by atoms with Gasteiger partial charge in [0, 0.05) is 17.0 Å². The summed E-state index contributed by atoms with van der Waals surface area (Å²) >= 11 is 5.94. The first kappa shape index (κ1) is 16.9. The molecule has 0 saturated heterocycles. The number of nitro benzene ring substituents is 1. The van der Waals surface area contributed by atoms with E-state index in [0.29, 0.717) is 11.3 Å². The molecule has 0 amide bonds. The molecule has 27 heavy (non-hydrogen) atoms. The van der Waals surface area contributed by atoms with Crippen LogP contribution in [0.3, 0.4) is 0 Å². The van der Waals surface area contributed by atoms with Gasteiger partial charge in [0.25, 0.3) is 5.69 Å². The van der Waals surface area contributed by atoms with E-state index >= 15 is 0 Å². The summed E-state index contributed by atoms with van der Waals surface area (Å²) in [6.07, 6.45) is 0. The molecule has 0 aromatic heterocycles. The van der Waals surface area contributed by atoms with Crippen molar-refractivity contribution in [1.29, 1.82) is 5.26 Å². The molecule has 4 rings (SSSR count). The zero-order valence-electron chi connectivity index (χ0n) is 13.8. The first-order chi connectivity index (χ1) is 13.0. The maximum Gasteiger partial charge on any atom is 0.288 e. The zero-order chi connectivity index (χ0) is 19.1. The number of halogens is 1. The molecule has 3 aromatic carbocycles. The quantitative estimate of drug-likeness (QED) is 0.518. The fourth-order valence-corrected chi connectivity index (χ4v) is 3.57. The molecule has 1 aliphatic heterocycles. The number of nitrogens with zero attached hydrogens (tertiary/aromatic N) is 2. The van der Waals surface area contributed by atoms with Gasteiger partial charge in [-0.15, -0.1) is 0 Å². The van der Waals surface area contributed by atoms with Gasteiger partial charge in [0.1, 0.15) is 22.4 Å². The summed E-state index contributed by atoms with van der Waals surface area (Å²) in [7, 11) is 0. The van der Waals surface area contributed by atoms with Gasteiger partial charge in [-0.2, -0.15) is 5.26 Å². The number of nitriles is 1. The highest BCUT2D eigenvalue weighted by atomic mass is 35.5. The van der Waals surface area contributed by atoms with E-state index in [1.54, 1.807) is 6.07 Å². The van der Waals surface area contributed by atoms with Crippen molar-refractivity contribution in [3.63, 3.8) is 0 Å². The van der Waals surface area contributed by atoms with Crippen LogP contribution in [0.4, 0.5) is 5.69 Å². The van der Waals surface area contributed by atoms with Crippen LogP contribution in [0.1, 0.15) is 17.0 Å². The maximum atomic E-state index is 11.3. The van der Waals surface area contributed by atoms with Crippen molar-refractivity contribution < 1.29 is 9.66 Å². The molecule has 0 radical (unpaired) electrons. The molecular formula is C20H12ClN3O3. The van der Waals surface area contributed by atoms with Crippen LogP contribution in [0.25, 0.3) is 10.8 Å². The van der Waals surface area contributed by atoms with Crippen molar-refractivity contribution in [1.82, 2.24) is 0 Å². The number of fused-ring (bicyclic) bond motifs is 3. The topological polar surface area (TPSA) is 102 Å². The molecule has 0 aliphatic carbocycles. The number of hydrogen-bond donors (Lipinski definition) is 1. The summed E-state index contributed by atoms with van der Waals surface area (Å²) in [6.45, 7) is 0. The highest BCUT2D eigenvalue weighted by molar-refractivity contribution is 6.32. The Bertz CT molecular complexity index is 1180. The molecule has 0 fully saturated rings. The largest absolute Gasteiger partial charge is 0.440 e. The lowest BCUT2D eigenvalue weighted by Crippen LogP contribution is -2.21. The summed E-state index contributed by atoms with van der Waals surface area (Å²) in [4.78, 5) is 10.7. The highest BCUT2D eigenvalue weighted by Crippen LogP contribution is 2.46. The van der Waals surface area contributed by atoms with Gasteiger partial charge in [-0.05, 0) is 17.0 Å². The minimum Gasteiger partial charge on any atom is -0.440 e. The van der Waals surface area contributed by atoms with Crippen molar-refractivity contribution in [2.75, 3.05) is 0 Å². The second kappa shape index (κ2) is 6.31. The minimum atomic E-state index is -0.584. The third-order valence-electron chi connectivity index (χ3n) is 4.61. The molecule has 1 heterocycles. The first-order valence-electron chi connectivity index (χ1n) is 8.04. The molecule has 3 aromatic rings. The van der Waals surface area contributed by atoms with Gasteiger partial charge >= 0.3 is 0 Å². The van der Waals surface area contributed by atoms with Gasteiger partial charge < -0.3 is 10.5 Å². The van der Waals surface area contributed by atoms with Crippen molar-refractivity contribution in [3.05, 3.63) is 92.3 Å². The molecule has 132 valence electrons. The molecular weight excluding hydrogens is 366 g/mol. The molecule has 0 unspecified atom stereocenters. The second-order valence-electron chi connectivity index (χ2n) is 6.10. The van der Waals surface area contributed by atoms with Crippen molar-refractivity contribution >= 4 is 28.1 Å². The smallest absolute Gasteiger partial charge is 0.288 e. The average molecular weight is 378 g/mol. The van der Waals surface area contributed by atoms with Crippen LogP contribution in [0.5, 0.6) is 5.75 Å². The van der Waals surface area contributed by atoms with E-state index in [2.05, 4.69) is 6.07 Å². The third kappa shape index (κ3) is 2.65. The van der Waals surface area contributed by atoms with Crippen LogP contribution >= 0.6 is 11.6 Å². The Hall–Kier alpha value is -3.56. The molecule has 0 bridgehead atoms. The number of nitrogens with two attached hydrogens (primary N) is 1. The summed E-state index contributed by atoms with van der Waals surface area (Å²) in [5, 5.41) is 22.8. The van der Waals surface area contributed by atoms with Crippen LogP contribution in [-0.2, 0) is 0 Å². The maximum absolute atomic E-state index is 11.3. The SMILES string of the molecule is N#CC1=C(N)Oc2c(ccc3ccccc23)[C@H]1c1ccc(Cl)c([N+](=O)[O-])c1. The van der Waals surface area contributed by atoms with Gasteiger partial charge in [-0.1, -0.05) is 54.1 Å². The number of nitro groups is 1. The van der Waals surface area contributed by atoms with Gasteiger partial charge in [0.2, 0.25) is 5.88 Å². The Morgan fingerprint density at radius 3 is 2.70 bits per heavy atom. The highest BCUT2D eigenvalue weighted by Gasteiger charge is 2.32. The van der Waals surface area contributed by atoms with Crippen LogP contribution in [0.15, 0.2) is 66.1 Å². The first-order valence-corrected chi connectivity index (χ1v) is 8.42. The standard InChI is InChI=1S/C20H12ClN3O3/c21-16-8-6-12(9-17(16)24(25)26)18-14-7-5-11-3-1-2-4-13(11)19(14)27-20(23)15(18)10-22/h1-9,18H,23H2/t18-/m1/s1. The fourth-order valence-electron chi connectivity index (χ4n) is 3.38. The molecule has 2 N–H and O–H groups in total. The van der Waals surface area contributed by atoms with Crippen molar-refractivity contribution in [2.45, 2.75) is 5.92 Å². The summed E-state index contributed by atoms with van der Waals surface area (Å²) in [6, 6.07) is 18.0. The minimum absolute atomic E-state index is 0.0102. The second-order valence-corrected chi connectivity index (χ2v) is 6.51. The normalized spacial score (nSPS) is 15.8. The molecule has 7 heteroatoms. The van der Waals surface area contributed by atoms with Gasteiger partial charge in [-0.25, -0.2) is 0 Å². The van der Waals surface area contributed by atoms with Crippen LogP contribution in [-0.4, -0.2) is 4.92 Å². The van der Waals surface area contributed by atoms with E-state index < -0.39 is 10.8 Å². The number of ether oxygens (including phenoxy) is 1. The number of benzene rings is 3. The predicted octanol–water partition coefficient (Wildman–Crippen LogP) is 4.62. The summed E-state index contributed by atoms with van der Waals surface area (Å²) < 4.78 is 5.78. The number of hydrogen-bond acceptors (Lipinski definition) is 5. The van der Waals surface area contributed by atoms with E-state index in [-0.39, 0.29) is 22.2 Å². The van der Waals surface area contributed by atoms with E-state index in [4.69, 9.17) is 22.1 Å². The Morgan fingerprint density at radius 2 is 1.96 bits per heavy atom. The summed E-state index contributed by atoms with van der Waals surface area (Å²) in [5.41, 5.74) is 7.27. The van der Waals surface area contributed by atoms with Gasteiger partial charge in [-0.3, -0.25) is 10.1 Å². The number of allylic oxidation sites excluding steroid dienone is 1.